The molecule has 1 aromatic carbocycles. The van der Waals surface area contributed by atoms with Gasteiger partial charge in [0.05, 0.1) is 17.1 Å². The third-order valence-corrected chi connectivity index (χ3v) is 3.71. The quantitative estimate of drug-likeness (QED) is 0.652. The molecule has 1 aromatic rings. The molecule has 0 radical (unpaired) electrons. The van der Waals surface area contributed by atoms with Crippen LogP contribution in [0.5, 0.6) is 0 Å². The van der Waals surface area contributed by atoms with Gasteiger partial charge in [-0.25, -0.2) is 0 Å². The summed E-state index contributed by atoms with van der Waals surface area (Å²) in [7, 11) is 0. The van der Waals surface area contributed by atoms with Crippen LogP contribution in [0.15, 0.2) is 18.2 Å². The number of amides is 1. The fraction of sp³-hybridized carbons (Fsp3) is 0.500. The van der Waals surface area contributed by atoms with Crippen LogP contribution in [0.3, 0.4) is 0 Å². The Kier molecular flexibility index (Phi) is 4.34. The second kappa shape index (κ2) is 6.00. The molecule has 1 aliphatic carbocycles. The van der Waals surface area contributed by atoms with Crippen molar-refractivity contribution in [2.45, 2.75) is 44.8 Å². The number of nitro benzene ring substituents is 1. The van der Waals surface area contributed by atoms with Crippen molar-refractivity contribution in [1.82, 2.24) is 5.32 Å². The summed E-state index contributed by atoms with van der Waals surface area (Å²) >= 11 is 0. The predicted octanol–water partition coefficient (Wildman–Crippen LogP) is 1.94. The second-order valence-corrected chi connectivity index (χ2v) is 5.19. The zero-order valence-electron chi connectivity index (χ0n) is 11.3. The highest BCUT2D eigenvalue weighted by Gasteiger charge is 2.25. The number of hydrogen-bond donors (Lipinski definition) is 2. The first-order valence-electron chi connectivity index (χ1n) is 6.73. The number of nitro groups is 1. The Balaban J connectivity index is 2.11. The summed E-state index contributed by atoms with van der Waals surface area (Å²) in [6.45, 7) is 1.67. The van der Waals surface area contributed by atoms with Gasteiger partial charge in [-0.15, -0.1) is 0 Å². The Morgan fingerprint density at radius 1 is 1.40 bits per heavy atom. The van der Waals surface area contributed by atoms with Gasteiger partial charge < -0.3 is 10.4 Å². The van der Waals surface area contributed by atoms with E-state index in [1.165, 1.54) is 18.2 Å². The highest BCUT2D eigenvalue weighted by molar-refractivity contribution is 5.96. The van der Waals surface area contributed by atoms with Crippen molar-refractivity contribution in [2.24, 2.45) is 0 Å². The summed E-state index contributed by atoms with van der Waals surface area (Å²) in [5, 5.41) is 23.3. The fourth-order valence-electron chi connectivity index (χ4n) is 2.54. The van der Waals surface area contributed by atoms with Gasteiger partial charge in [-0.3, -0.25) is 14.9 Å². The summed E-state index contributed by atoms with van der Waals surface area (Å²) < 4.78 is 0. The number of benzene rings is 1. The molecule has 20 heavy (non-hydrogen) atoms. The lowest BCUT2D eigenvalue weighted by atomic mass is 9.92. The van der Waals surface area contributed by atoms with Crippen LogP contribution in [0, 0.1) is 17.0 Å². The highest BCUT2D eigenvalue weighted by atomic mass is 16.6. The van der Waals surface area contributed by atoms with Crippen LogP contribution in [-0.2, 0) is 0 Å². The molecule has 1 fully saturated rings. The zero-order chi connectivity index (χ0) is 14.7. The smallest absolute Gasteiger partial charge is 0.269 e. The average molecular weight is 278 g/mol. The molecular weight excluding hydrogens is 260 g/mol. The maximum absolute atomic E-state index is 12.2. The minimum absolute atomic E-state index is 0.0308. The maximum atomic E-state index is 12.2. The number of carbonyl (C=O) groups excluding carboxylic acids is 1. The number of aliphatic hydroxyl groups is 1. The average Bonchev–Trinajstić information content (AvgIpc) is 2.41. The zero-order valence-corrected chi connectivity index (χ0v) is 11.3. The SMILES string of the molecule is Cc1cc([N+](=O)[O-])ccc1C(=O)N[C@@H]1CCCC[C@H]1O. The lowest BCUT2D eigenvalue weighted by Crippen LogP contribution is -2.45. The van der Waals surface area contributed by atoms with E-state index in [1.54, 1.807) is 6.92 Å². The van der Waals surface area contributed by atoms with Crippen LogP contribution in [0.25, 0.3) is 0 Å². The Morgan fingerprint density at radius 2 is 2.10 bits per heavy atom. The first-order valence-corrected chi connectivity index (χ1v) is 6.73. The standard InChI is InChI=1S/C14H18N2O4/c1-9-8-10(16(19)20)6-7-11(9)14(18)15-12-4-2-3-5-13(12)17/h6-8,12-13,17H,2-5H2,1H3,(H,15,18)/t12-,13-/m1/s1. The minimum Gasteiger partial charge on any atom is -0.391 e. The van der Waals surface area contributed by atoms with Gasteiger partial charge in [-0.2, -0.15) is 0 Å². The van der Waals surface area contributed by atoms with E-state index in [1.807, 2.05) is 0 Å². The molecule has 2 atom stereocenters. The van der Waals surface area contributed by atoms with Crippen molar-refractivity contribution in [3.8, 4) is 0 Å². The molecule has 0 aromatic heterocycles. The molecular formula is C14H18N2O4. The Morgan fingerprint density at radius 3 is 2.70 bits per heavy atom. The number of aryl methyl sites for hydroxylation is 1. The summed E-state index contributed by atoms with van der Waals surface area (Å²) in [6, 6.07) is 3.93. The van der Waals surface area contributed by atoms with Crippen molar-refractivity contribution in [2.75, 3.05) is 0 Å². The van der Waals surface area contributed by atoms with Gasteiger partial charge in [0.15, 0.2) is 0 Å². The van der Waals surface area contributed by atoms with Crippen LogP contribution >= 0.6 is 0 Å². The van der Waals surface area contributed by atoms with Crippen molar-refractivity contribution < 1.29 is 14.8 Å². The third-order valence-electron chi connectivity index (χ3n) is 3.71. The van der Waals surface area contributed by atoms with Crippen LogP contribution < -0.4 is 5.32 Å². The summed E-state index contributed by atoms with van der Waals surface area (Å²) in [5.74, 6) is -0.289. The van der Waals surface area contributed by atoms with Gasteiger partial charge in [0, 0.05) is 17.7 Å². The number of aliphatic hydroxyl groups excluding tert-OH is 1. The minimum atomic E-state index is -0.508. The third kappa shape index (κ3) is 3.14. The van der Waals surface area contributed by atoms with E-state index in [9.17, 15) is 20.0 Å². The van der Waals surface area contributed by atoms with Crippen LogP contribution in [0.1, 0.15) is 41.6 Å². The molecule has 108 valence electrons. The molecule has 2 N–H and O–H groups in total. The number of carbonyl (C=O) groups is 1. The summed E-state index contributed by atoms with van der Waals surface area (Å²) in [6.07, 6.45) is 2.92. The van der Waals surface area contributed by atoms with Crippen LogP contribution in [0.2, 0.25) is 0 Å². The molecule has 0 unspecified atom stereocenters. The molecule has 6 heteroatoms. The molecule has 0 aliphatic heterocycles. The molecule has 1 aliphatic rings. The summed E-state index contributed by atoms with van der Waals surface area (Å²) in [4.78, 5) is 22.3. The van der Waals surface area contributed by atoms with Crippen molar-refractivity contribution in [3.63, 3.8) is 0 Å². The lowest BCUT2D eigenvalue weighted by molar-refractivity contribution is -0.384. The topological polar surface area (TPSA) is 92.5 Å². The molecule has 0 spiro atoms. The van der Waals surface area contributed by atoms with Gasteiger partial charge in [-0.05, 0) is 31.4 Å². The normalized spacial score (nSPS) is 22.3. The molecule has 1 amide bonds. The monoisotopic (exact) mass is 278 g/mol. The van der Waals surface area contributed by atoms with Gasteiger partial charge in [0.1, 0.15) is 0 Å². The van der Waals surface area contributed by atoms with E-state index in [2.05, 4.69) is 5.32 Å². The maximum Gasteiger partial charge on any atom is 0.269 e. The van der Waals surface area contributed by atoms with Gasteiger partial charge in [0.25, 0.3) is 11.6 Å². The number of hydrogen-bond acceptors (Lipinski definition) is 4. The van der Waals surface area contributed by atoms with Gasteiger partial charge in [-0.1, -0.05) is 12.8 Å². The van der Waals surface area contributed by atoms with Crippen molar-refractivity contribution in [3.05, 3.63) is 39.4 Å². The number of rotatable bonds is 3. The molecule has 2 rings (SSSR count). The van der Waals surface area contributed by atoms with Gasteiger partial charge in [0.2, 0.25) is 0 Å². The predicted molar refractivity (Wildman–Crippen MR) is 73.6 cm³/mol. The van der Waals surface area contributed by atoms with E-state index in [0.29, 0.717) is 17.5 Å². The van der Waals surface area contributed by atoms with E-state index >= 15 is 0 Å². The first-order chi connectivity index (χ1) is 9.49. The Labute approximate surface area is 117 Å². The van der Waals surface area contributed by atoms with Crippen molar-refractivity contribution in [1.29, 1.82) is 0 Å². The molecule has 0 heterocycles. The molecule has 1 saturated carbocycles. The second-order valence-electron chi connectivity index (χ2n) is 5.19. The van der Waals surface area contributed by atoms with Crippen molar-refractivity contribution >= 4 is 11.6 Å². The molecule has 6 nitrogen and oxygen atoms in total. The number of nitrogens with one attached hydrogen (secondary N) is 1. The number of non-ortho nitro benzene ring substituents is 1. The van der Waals surface area contributed by atoms with Gasteiger partial charge >= 0.3 is 0 Å². The van der Waals surface area contributed by atoms with Crippen LogP contribution in [0.4, 0.5) is 5.69 Å². The van der Waals surface area contributed by atoms with E-state index in [-0.39, 0.29) is 17.6 Å². The lowest BCUT2D eigenvalue weighted by Gasteiger charge is -2.28. The summed E-state index contributed by atoms with van der Waals surface area (Å²) in [5.41, 5.74) is 0.937. The van der Waals surface area contributed by atoms with E-state index in [0.717, 1.165) is 19.3 Å². The Bertz CT molecular complexity index is 530. The first kappa shape index (κ1) is 14.5. The molecule has 0 bridgehead atoms. The largest absolute Gasteiger partial charge is 0.391 e. The fourth-order valence-corrected chi connectivity index (χ4v) is 2.54. The highest BCUT2D eigenvalue weighted by Crippen LogP contribution is 2.20. The van der Waals surface area contributed by atoms with Crippen LogP contribution in [-0.4, -0.2) is 28.1 Å². The Hall–Kier alpha value is -1.95. The number of nitrogens with zero attached hydrogens (tertiary/aromatic N) is 1. The molecule has 0 saturated heterocycles. The van der Waals surface area contributed by atoms with E-state index < -0.39 is 11.0 Å². The van der Waals surface area contributed by atoms with E-state index in [4.69, 9.17) is 0 Å².